The fourth-order valence-electron chi connectivity index (χ4n) is 0.465. The summed E-state index contributed by atoms with van der Waals surface area (Å²) in [6.07, 6.45) is 3.21. The lowest BCUT2D eigenvalue weighted by Gasteiger charge is -1.91. The molecule has 0 N–H and O–H groups in total. The Morgan fingerprint density at radius 2 is 2.12 bits per heavy atom. The van der Waals surface area contributed by atoms with Gasteiger partial charge >= 0.3 is 0 Å². The summed E-state index contributed by atoms with van der Waals surface area (Å²) in [5, 5.41) is 0. The minimum absolute atomic E-state index is 0.838. The van der Waals surface area contributed by atoms with Crippen molar-refractivity contribution < 1.29 is 4.74 Å². The van der Waals surface area contributed by atoms with Gasteiger partial charge in [0.05, 0.1) is 0 Å². The third-order valence-electron chi connectivity index (χ3n) is 0.875. The van der Waals surface area contributed by atoms with E-state index in [2.05, 4.69) is 19.9 Å². The van der Waals surface area contributed by atoms with Gasteiger partial charge in [0.1, 0.15) is 0 Å². The monoisotopic (exact) mass is 114 g/mol. The van der Waals surface area contributed by atoms with Gasteiger partial charge in [-0.25, -0.2) is 0 Å². The average molecular weight is 114 g/mol. The summed E-state index contributed by atoms with van der Waals surface area (Å²) in [5.74, 6) is 0. The molecule has 0 atom stereocenters. The SMILES string of the molecule is COCCC=C(C)C. The number of hydrogen-bond acceptors (Lipinski definition) is 1. The predicted octanol–water partition coefficient (Wildman–Crippen LogP) is 1.99. The third kappa shape index (κ3) is 5.70. The molecule has 1 heteroatoms. The first kappa shape index (κ1) is 7.70. The zero-order chi connectivity index (χ0) is 6.41. The molecule has 1 nitrogen and oxygen atoms in total. The molecule has 0 spiro atoms. The van der Waals surface area contributed by atoms with Gasteiger partial charge in [0.15, 0.2) is 0 Å². The topological polar surface area (TPSA) is 9.23 Å². The van der Waals surface area contributed by atoms with Crippen molar-refractivity contribution in [3.8, 4) is 0 Å². The minimum atomic E-state index is 0.838. The van der Waals surface area contributed by atoms with Crippen LogP contribution in [0.1, 0.15) is 20.3 Å². The van der Waals surface area contributed by atoms with Crippen LogP contribution in [0.3, 0.4) is 0 Å². The molecule has 0 aliphatic heterocycles. The molecule has 0 rings (SSSR count). The van der Waals surface area contributed by atoms with Crippen LogP contribution in [0.2, 0.25) is 0 Å². The Labute approximate surface area is 51.4 Å². The van der Waals surface area contributed by atoms with Gasteiger partial charge in [-0.2, -0.15) is 0 Å². The number of methoxy groups -OCH3 is 1. The van der Waals surface area contributed by atoms with Crippen molar-refractivity contribution in [1.29, 1.82) is 0 Å². The lowest BCUT2D eigenvalue weighted by Crippen LogP contribution is -1.83. The molecule has 48 valence electrons. The zero-order valence-electron chi connectivity index (χ0n) is 5.90. The van der Waals surface area contributed by atoms with Crippen LogP contribution in [0.15, 0.2) is 11.6 Å². The average Bonchev–Trinajstić information content (AvgIpc) is 1.66. The van der Waals surface area contributed by atoms with Crippen molar-refractivity contribution in [3.05, 3.63) is 11.6 Å². The number of rotatable bonds is 3. The fraction of sp³-hybridized carbons (Fsp3) is 0.714. The maximum absolute atomic E-state index is 4.85. The molecule has 0 radical (unpaired) electrons. The summed E-state index contributed by atoms with van der Waals surface area (Å²) in [7, 11) is 1.72. The van der Waals surface area contributed by atoms with E-state index < -0.39 is 0 Å². The van der Waals surface area contributed by atoms with Gasteiger partial charge in [0, 0.05) is 13.7 Å². The Morgan fingerprint density at radius 3 is 2.50 bits per heavy atom. The molecule has 0 aromatic heterocycles. The lowest BCUT2D eigenvalue weighted by atomic mass is 10.3. The molecule has 0 unspecified atom stereocenters. The number of hydrogen-bond donors (Lipinski definition) is 0. The molecule has 0 aliphatic rings. The highest BCUT2D eigenvalue weighted by Gasteiger charge is 1.77. The lowest BCUT2D eigenvalue weighted by molar-refractivity contribution is 0.204. The van der Waals surface area contributed by atoms with Crippen LogP contribution < -0.4 is 0 Å². The predicted molar refractivity (Wildman–Crippen MR) is 35.9 cm³/mol. The second kappa shape index (κ2) is 4.85. The van der Waals surface area contributed by atoms with E-state index in [0.29, 0.717) is 0 Å². The largest absolute Gasteiger partial charge is 0.384 e. The van der Waals surface area contributed by atoms with Crippen molar-refractivity contribution >= 4 is 0 Å². The summed E-state index contributed by atoms with van der Waals surface area (Å²) in [6, 6.07) is 0. The second-order valence-electron chi connectivity index (χ2n) is 2.06. The van der Waals surface area contributed by atoms with Gasteiger partial charge in [0.25, 0.3) is 0 Å². The van der Waals surface area contributed by atoms with Crippen molar-refractivity contribution in [2.45, 2.75) is 20.3 Å². The smallest absolute Gasteiger partial charge is 0.0496 e. The van der Waals surface area contributed by atoms with Crippen LogP contribution in [0.5, 0.6) is 0 Å². The summed E-state index contributed by atoms with van der Waals surface area (Å²) in [6.45, 7) is 5.02. The zero-order valence-corrected chi connectivity index (χ0v) is 5.90. The fourth-order valence-corrected chi connectivity index (χ4v) is 0.465. The van der Waals surface area contributed by atoms with Gasteiger partial charge in [-0.1, -0.05) is 11.6 Å². The maximum atomic E-state index is 4.85. The number of allylic oxidation sites excluding steroid dienone is 1. The van der Waals surface area contributed by atoms with Gasteiger partial charge in [-0.3, -0.25) is 0 Å². The third-order valence-corrected chi connectivity index (χ3v) is 0.875. The highest BCUT2D eigenvalue weighted by Crippen LogP contribution is 1.91. The van der Waals surface area contributed by atoms with Crippen molar-refractivity contribution in [2.24, 2.45) is 0 Å². The summed E-state index contributed by atoms with van der Waals surface area (Å²) in [4.78, 5) is 0. The first-order chi connectivity index (χ1) is 3.77. The Hall–Kier alpha value is -0.300. The molecule has 8 heavy (non-hydrogen) atoms. The Bertz CT molecular complexity index is 70.5. The molecule has 0 amide bonds. The van der Waals surface area contributed by atoms with Crippen molar-refractivity contribution in [3.63, 3.8) is 0 Å². The Balaban J connectivity index is 3.03. The minimum Gasteiger partial charge on any atom is -0.384 e. The van der Waals surface area contributed by atoms with E-state index in [4.69, 9.17) is 4.74 Å². The second-order valence-corrected chi connectivity index (χ2v) is 2.06. The van der Waals surface area contributed by atoms with Crippen LogP contribution in [0.25, 0.3) is 0 Å². The van der Waals surface area contributed by atoms with Gasteiger partial charge < -0.3 is 4.74 Å². The van der Waals surface area contributed by atoms with Crippen LogP contribution in [0.4, 0.5) is 0 Å². The van der Waals surface area contributed by atoms with E-state index in [1.54, 1.807) is 7.11 Å². The van der Waals surface area contributed by atoms with E-state index in [-0.39, 0.29) is 0 Å². The molecule has 0 saturated heterocycles. The molecule has 0 fully saturated rings. The highest BCUT2D eigenvalue weighted by atomic mass is 16.5. The first-order valence-electron chi connectivity index (χ1n) is 2.89. The molecular weight excluding hydrogens is 100 g/mol. The van der Waals surface area contributed by atoms with Crippen LogP contribution in [-0.4, -0.2) is 13.7 Å². The maximum Gasteiger partial charge on any atom is 0.0496 e. The van der Waals surface area contributed by atoms with E-state index in [1.165, 1.54) is 5.57 Å². The standard InChI is InChI=1S/C7H14O/c1-7(2)5-4-6-8-3/h5H,4,6H2,1-3H3. The molecule has 0 heterocycles. The van der Waals surface area contributed by atoms with Gasteiger partial charge in [0.2, 0.25) is 0 Å². The summed E-state index contributed by atoms with van der Waals surface area (Å²) >= 11 is 0. The van der Waals surface area contributed by atoms with E-state index in [9.17, 15) is 0 Å². The van der Waals surface area contributed by atoms with E-state index >= 15 is 0 Å². The molecule has 0 bridgehead atoms. The van der Waals surface area contributed by atoms with Crippen LogP contribution in [-0.2, 0) is 4.74 Å². The first-order valence-corrected chi connectivity index (χ1v) is 2.89. The molecule has 0 saturated carbocycles. The highest BCUT2D eigenvalue weighted by molar-refractivity contribution is 4.92. The van der Waals surface area contributed by atoms with Gasteiger partial charge in [-0.05, 0) is 20.3 Å². The van der Waals surface area contributed by atoms with E-state index in [0.717, 1.165) is 13.0 Å². The van der Waals surface area contributed by atoms with Crippen LogP contribution in [0, 0.1) is 0 Å². The summed E-state index contributed by atoms with van der Waals surface area (Å²) < 4.78 is 4.85. The van der Waals surface area contributed by atoms with Crippen molar-refractivity contribution in [2.75, 3.05) is 13.7 Å². The molecule has 0 aromatic carbocycles. The Morgan fingerprint density at radius 1 is 1.50 bits per heavy atom. The Kier molecular flexibility index (Phi) is 4.67. The molecular formula is C7H14O. The van der Waals surface area contributed by atoms with Gasteiger partial charge in [-0.15, -0.1) is 0 Å². The van der Waals surface area contributed by atoms with E-state index in [1.807, 2.05) is 0 Å². The molecule has 0 aromatic rings. The number of ether oxygens (including phenoxy) is 1. The van der Waals surface area contributed by atoms with Crippen LogP contribution >= 0.6 is 0 Å². The quantitative estimate of drug-likeness (QED) is 0.402. The molecule has 0 aliphatic carbocycles. The summed E-state index contributed by atoms with van der Waals surface area (Å²) in [5.41, 5.74) is 1.36. The van der Waals surface area contributed by atoms with Crippen molar-refractivity contribution in [1.82, 2.24) is 0 Å². The normalized spacial score (nSPS) is 8.88.